The first-order chi connectivity index (χ1) is 16.9. The highest BCUT2D eigenvalue weighted by Gasteiger charge is 2.17. The van der Waals surface area contributed by atoms with Gasteiger partial charge in [0.1, 0.15) is 23.9 Å². The first kappa shape index (κ1) is 23.4. The van der Waals surface area contributed by atoms with Gasteiger partial charge in [0, 0.05) is 23.8 Å². The Balaban J connectivity index is 1.56. The lowest BCUT2D eigenvalue weighted by Gasteiger charge is -2.16. The monoisotopic (exact) mass is 476 g/mol. The zero-order valence-corrected chi connectivity index (χ0v) is 18.9. The molecular formula is C25H21FN4O5. The van der Waals surface area contributed by atoms with Crippen LogP contribution in [0.3, 0.4) is 0 Å². The van der Waals surface area contributed by atoms with Crippen molar-refractivity contribution in [2.75, 3.05) is 24.9 Å². The quantitative estimate of drug-likeness (QED) is 0.423. The molecule has 0 saturated carbocycles. The minimum Gasteiger partial charge on any atom is -0.494 e. The van der Waals surface area contributed by atoms with Gasteiger partial charge in [0.25, 0.3) is 11.5 Å². The van der Waals surface area contributed by atoms with Crippen LogP contribution in [0.5, 0.6) is 11.5 Å². The maximum Gasteiger partial charge on any atom is 0.261 e. The van der Waals surface area contributed by atoms with E-state index in [1.807, 2.05) is 0 Å². The fourth-order valence-electron chi connectivity index (χ4n) is 3.47. The second kappa shape index (κ2) is 10.0. The zero-order valence-electron chi connectivity index (χ0n) is 18.9. The molecule has 0 atom stereocenters. The highest BCUT2D eigenvalue weighted by Crippen LogP contribution is 2.36. The number of methoxy groups -OCH3 is 2. The number of amides is 2. The number of aromatic nitrogens is 2. The van der Waals surface area contributed by atoms with E-state index in [1.165, 1.54) is 38.7 Å². The Morgan fingerprint density at radius 1 is 0.943 bits per heavy atom. The summed E-state index contributed by atoms with van der Waals surface area (Å²) in [5, 5.41) is 5.64. The van der Waals surface area contributed by atoms with Crippen molar-refractivity contribution in [1.82, 2.24) is 9.55 Å². The number of hydrogen-bond acceptors (Lipinski definition) is 6. The summed E-state index contributed by atoms with van der Waals surface area (Å²) >= 11 is 0. The first-order valence-corrected chi connectivity index (χ1v) is 10.5. The third-order valence-electron chi connectivity index (χ3n) is 5.18. The van der Waals surface area contributed by atoms with Crippen molar-refractivity contribution in [1.29, 1.82) is 0 Å². The number of nitrogens with one attached hydrogen (secondary N) is 2. The number of nitrogens with zero attached hydrogens (tertiary/aromatic N) is 2. The Morgan fingerprint density at radius 2 is 1.60 bits per heavy atom. The molecule has 0 fully saturated rings. The molecule has 2 amide bonds. The van der Waals surface area contributed by atoms with Crippen molar-refractivity contribution in [2.45, 2.75) is 6.54 Å². The highest BCUT2D eigenvalue weighted by atomic mass is 19.1. The fraction of sp³-hybridized carbons (Fsp3) is 0.120. The van der Waals surface area contributed by atoms with E-state index in [2.05, 4.69) is 15.6 Å². The lowest BCUT2D eigenvalue weighted by atomic mass is 10.2. The van der Waals surface area contributed by atoms with Crippen LogP contribution in [-0.4, -0.2) is 35.6 Å². The highest BCUT2D eigenvalue weighted by molar-refractivity contribution is 6.05. The smallest absolute Gasteiger partial charge is 0.261 e. The first-order valence-electron chi connectivity index (χ1n) is 10.5. The van der Waals surface area contributed by atoms with Crippen molar-refractivity contribution in [3.05, 3.63) is 88.7 Å². The maximum atomic E-state index is 13.4. The van der Waals surface area contributed by atoms with Gasteiger partial charge in [0.15, 0.2) is 0 Å². The molecule has 4 aromatic rings. The van der Waals surface area contributed by atoms with Crippen LogP contribution in [0.4, 0.5) is 15.8 Å². The molecule has 9 nitrogen and oxygen atoms in total. The second-order valence-electron chi connectivity index (χ2n) is 7.46. The lowest BCUT2D eigenvalue weighted by molar-refractivity contribution is -0.116. The van der Waals surface area contributed by atoms with Crippen LogP contribution in [-0.2, 0) is 11.3 Å². The summed E-state index contributed by atoms with van der Waals surface area (Å²) in [4.78, 5) is 42.0. The van der Waals surface area contributed by atoms with Crippen LogP contribution in [0.25, 0.3) is 10.9 Å². The number of benzene rings is 3. The molecule has 1 heterocycles. The minimum atomic E-state index is -0.531. The van der Waals surface area contributed by atoms with E-state index in [9.17, 15) is 18.8 Å². The molecule has 178 valence electrons. The Labute approximate surface area is 199 Å². The van der Waals surface area contributed by atoms with Gasteiger partial charge in [0.05, 0.1) is 42.8 Å². The number of hydrogen-bond donors (Lipinski definition) is 2. The van der Waals surface area contributed by atoms with Gasteiger partial charge in [-0.2, -0.15) is 0 Å². The standard InChI is InChI=1S/C25H21FN4O5/c1-34-21-12-20(29-24(32)15-6-4-3-5-7-15)22(35-2)11-19(21)28-23(31)13-30-14-27-18-10-16(26)8-9-17(18)25(30)33/h3-12,14H,13H2,1-2H3,(H,28,31)(H,29,32). The molecule has 0 aliphatic rings. The second-order valence-corrected chi connectivity index (χ2v) is 7.46. The van der Waals surface area contributed by atoms with Crippen molar-refractivity contribution in [3.8, 4) is 11.5 Å². The zero-order chi connectivity index (χ0) is 24.9. The SMILES string of the molecule is COc1cc(NC(=O)c2ccccc2)c(OC)cc1NC(=O)Cn1cnc2cc(F)ccc2c1=O. The molecule has 0 radical (unpaired) electrons. The van der Waals surface area contributed by atoms with E-state index in [0.717, 1.165) is 16.7 Å². The van der Waals surface area contributed by atoms with Gasteiger partial charge in [-0.05, 0) is 24.3 Å². The summed E-state index contributed by atoms with van der Waals surface area (Å²) in [7, 11) is 2.84. The molecule has 0 saturated heterocycles. The summed E-state index contributed by atoms with van der Waals surface area (Å²) in [5.41, 5.74) is 0.803. The topological polar surface area (TPSA) is 112 Å². The van der Waals surface area contributed by atoms with Crippen LogP contribution >= 0.6 is 0 Å². The van der Waals surface area contributed by atoms with Gasteiger partial charge in [-0.25, -0.2) is 9.37 Å². The van der Waals surface area contributed by atoms with Crippen LogP contribution in [0.15, 0.2) is 71.8 Å². The normalized spacial score (nSPS) is 10.6. The summed E-state index contributed by atoms with van der Waals surface area (Å²) in [6, 6.07) is 15.3. The van der Waals surface area contributed by atoms with Gasteiger partial charge in [-0.1, -0.05) is 18.2 Å². The van der Waals surface area contributed by atoms with E-state index in [4.69, 9.17) is 9.47 Å². The molecule has 3 aromatic carbocycles. The molecule has 35 heavy (non-hydrogen) atoms. The van der Waals surface area contributed by atoms with Crippen LogP contribution in [0, 0.1) is 5.82 Å². The van der Waals surface area contributed by atoms with Crippen molar-refractivity contribution >= 4 is 34.1 Å². The van der Waals surface area contributed by atoms with E-state index < -0.39 is 17.3 Å². The molecular weight excluding hydrogens is 455 g/mol. The average molecular weight is 476 g/mol. The van der Waals surface area contributed by atoms with E-state index in [1.54, 1.807) is 30.3 Å². The van der Waals surface area contributed by atoms with Crippen molar-refractivity contribution in [2.24, 2.45) is 0 Å². The molecule has 1 aromatic heterocycles. The number of ether oxygens (including phenoxy) is 2. The lowest BCUT2D eigenvalue weighted by Crippen LogP contribution is -2.28. The summed E-state index contributed by atoms with van der Waals surface area (Å²) in [6.45, 7) is -0.336. The number of fused-ring (bicyclic) bond motifs is 1. The van der Waals surface area contributed by atoms with Crippen LogP contribution < -0.4 is 25.7 Å². The Morgan fingerprint density at radius 3 is 2.26 bits per heavy atom. The Hall–Kier alpha value is -4.73. The third kappa shape index (κ3) is 5.11. The third-order valence-corrected chi connectivity index (χ3v) is 5.18. The number of anilines is 2. The summed E-state index contributed by atoms with van der Waals surface area (Å²) < 4.78 is 25.3. The van der Waals surface area contributed by atoms with Gasteiger partial charge >= 0.3 is 0 Å². The van der Waals surface area contributed by atoms with E-state index >= 15 is 0 Å². The van der Waals surface area contributed by atoms with Crippen molar-refractivity contribution in [3.63, 3.8) is 0 Å². The largest absolute Gasteiger partial charge is 0.494 e. The molecule has 0 aliphatic heterocycles. The van der Waals surface area contributed by atoms with Gasteiger partial charge in [-0.3, -0.25) is 19.0 Å². The van der Waals surface area contributed by atoms with Crippen molar-refractivity contribution < 1.29 is 23.5 Å². The summed E-state index contributed by atoms with van der Waals surface area (Å²) in [5.74, 6) is -0.828. The number of rotatable bonds is 7. The predicted molar refractivity (Wildman–Crippen MR) is 129 cm³/mol. The van der Waals surface area contributed by atoms with Gasteiger partial charge in [0.2, 0.25) is 5.91 Å². The van der Waals surface area contributed by atoms with Gasteiger partial charge in [-0.15, -0.1) is 0 Å². The average Bonchev–Trinajstić information content (AvgIpc) is 2.86. The number of carbonyl (C=O) groups is 2. The van der Waals surface area contributed by atoms with E-state index in [0.29, 0.717) is 11.3 Å². The fourth-order valence-corrected chi connectivity index (χ4v) is 3.47. The summed E-state index contributed by atoms with van der Waals surface area (Å²) in [6.07, 6.45) is 1.18. The maximum absolute atomic E-state index is 13.4. The van der Waals surface area contributed by atoms with E-state index in [-0.39, 0.29) is 40.5 Å². The van der Waals surface area contributed by atoms with Crippen LogP contribution in [0.1, 0.15) is 10.4 Å². The molecule has 0 bridgehead atoms. The molecule has 0 spiro atoms. The van der Waals surface area contributed by atoms with Crippen LogP contribution in [0.2, 0.25) is 0 Å². The molecule has 2 N–H and O–H groups in total. The number of halogens is 1. The molecule has 10 heteroatoms. The predicted octanol–water partition coefficient (Wildman–Crippen LogP) is 3.44. The Bertz CT molecular complexity index is 1470. The Kier molecular flexibility index (Phi) is 6.72. The van der Waals surface area contributed by atoms with Gasteiger partial charge < -0.3 is 20.1 Å². The molecule has 0 unspecified atom stereocenters. The molecule has 0 aliphatic carbocycles. The molecule has 4 rings (SSSR count). The number of carbonyl (C=O) groups excluding carboxylic acids is 2. The minimum absolute atomic E-state index is 0.194.